The van der Waals surface area contributed by atoms with E-state index >= 15 is 0 Å². The molecule has 40 heavy (non-hydrogen) atoms. The Morgan fingerprint density at radius 2 is 2.12 bits per heavy atom. The SMILES string of the molecule is [2H]/C(C(=O)Cc1cc2c(Nc3ccc(OCc4ccccn4)c(Cl)c3)c(C#N)cnc2cc1OC([2H])([2H])C)=C(/[2H])C([2H])([2H])N(C)C([2H])([2H])[2H]. The number of nitrogens with zero attached hydrogens (tertiary/aromatic N) is 4. The number of hydrogen-bond acceptors (Lipinski definition) is 8. The summed E-state index contributed by atoms with van der Waals surface area (Å²) in [6.07, 6.45) is 2.28. The van der Waals surface area contributed by atoms with E-state index < -0.39 is 44.3 Å². The second-order valence-corrected chi connectivity index (χ2v) is 8.75. The van der Waals surface area contributed by atoms with Crippen LogP contribution in [-0.4, -0.2) is 47.7 Å². The molecule has 0 spiro atoms. The number of allylic oxidation sites excluding steroid dienone is 1. The minimum absolute atomic E-state index is 0.0294. The monoisotopic (exact) mass is 564 g/mol. The number of halogens is 1. The number of aromatic nitrogens is 2. The highest BCUT2D eigenvalue weighted by atomic mass is 35.5. The number of carbonyl (C=O) groups excluding carboxylic acids is 1. The van der Waals surface area contributed by atoms with E-state index in [1.54, 1.807) is 36.5 Å². The van der Waals surface area contributed by atoms with E-state index in [1.165, 1.54) is 18.3 Å². The maximum atomic E-state index is 13.3. The lowest BCUT2D eigenvalue weighted by atomic mass is 10.0. The molecule has 2 aromatic heterocycles. The number of likely N-dealkylation sites (N-methyl/N-ethyl adjacent to an activating group) is 1. The zero-order valence-electron chi connectivity index (χ0n) is 30.6. The molecule has 0 aliphatic heterocycles. The van der Waals surface area contributed by atoms with Gasteiger partial charge in [0.05, 0.1) is 39.5 Å². The van der Waals surface area contributed by atoms with Crippen LogP contribution in [0.15, 0.2) is 73.0 Å². The Bertz CT molecular complexity index is 1950. The van der Waals surface area contributed by atoms with Gasteiger partial charge in [-0.2, -0.15) is 5.26 Å². The molecule has 4 aromatic rings. The third-order valence-corrected chi connectivity index (χ3v) is 5.76. The van der Waals surface area contributed by atoms with E-state index in [0.717, 1.165) is 14.0 Å². The van der Waals surface area contributed by atoms with E-state index in [-0.39, 0.29) is 44.6 Å². The van der Waals surface area contributed by atoms with Crippen LogP contribution in [0.25, 0.3) is 10.9 Å². The number of rotatable bonds is 12. The zero-order chi connectivity index (χ0) is 36.3. The molecule has 9 heteroatoms. The number of ketones is 1. The van der Waals surface area contributed by atoms with Gasteiger partial charge in [-0.15, -0.1) is 0 Å². The van der Waals surface area contributed by atoms with Crippen LogP contribution in [0.5, 0.6) is 11.5 Å². The number of fused-ring (bicyclic) bond motifs is 1. The molecule has 2 aromatic carbocycles. The number of benzene rings is 2. The molecule has 204 valence electrons. The standard InChI is InChI=1S/C31H30ClN5O3/c1-4-39-30-17-28-26(15-21(30)14-25(38)9-7-13-37(2)3)31(22(18-33)19-35-28)36-23-10-11-29(27(32)16-23)40-20-24-8-5-6-12-34-24/h5-12,15-17,19H,4,13-14,20H2,1-3H3,(H,35,36)/b9-7+/i2D3,4D2,7D,9D,13D2. The molecular weight excluding hydrogens is 526 g/mol. The van der Waals surface area contributed by atoms with Crippen LogP contribution in [0, 0.1) is 11.3 Å². The first-order chi connectivity index (χ1) is 22.8. The molecule has 8 nitrogen and oxygen atoms in total. The van der Waals surface area contributed by atoms with Crippen LogP contribution >= 0.6 is 11.6 Å². The minimum atomic E-state index is -3.00. The summed E-state index contributed by atoms with van der Waals surface area (Å²) in [6.45, 7) is -6.87. The maximum Gasteiger partial charge on any atom is 0.159 e. The normalized spacial score (nSPS) is 15.9. The Hall–Kier alpha value is -4.45. The molecule has 0 saturated carbocycles. The van der Waals surface area contributed by atoms with Crippen LogP contribution in [0.3, 0.4) is 0 Å². The van der Waals surface area contributed by atoms with Gasteiger partial charge in [-0.3, -0.25) is 14.8 Å². The number of nitrogens with one attached hydrogen (secondary N) is 1. The lowest BCUT2D eigenvalue weighted by molar-refractivity contribution is -0.114. The quantitative estimate of drug-likeness (QED) is 0.206. The number of hydrogen-bond donors (Lipinski definition) is 1. The molecular formula is C31H30ClN5O3. The van der Waals surface area contributed by atoms with E-state index in [2.05, 4.69) is 21.4 Å². The lowest BCUT2D eigenvalue weighted by Crippen LogP contribution is -2.11. The molecule has 0 unspecified atom stereocenters. The van der Waals surface area contributed by atoms with Crippen molar-refractivity contribution in [2.45, 2.75) is 20.0 Å². The van der Waals surface area contributed by atoms with Crippen molar-refractivity contribution >= 4 is 39.7 Å². The predicted molar refractivity (Wildman–Crippen MR) is 157 cm³/mol. The molecule has 0 aliphatic rings. The van der Waals surface area contributed by atoms with Crippen LogP contribution in [0.4, 0.5) is 11.4 Å². The van der Waals surface area contributed by atoms with Gasteiger partial charge < -0.3 is 19.7 Å². The van der Waals surface area contributed by atoms with Crippen LogP contribution in [-0.2, 0) is 17.8 Å². The van der Waals surface area contributed by atoms with Gasteiger partial charge in [0, 0.05) is 54.9 Å². The van der Waals surface area contributed by atoms with Crippen molar-refractivity contribution in [3.05, 3.63) is 94.9 Å². The summed E-state index contributed by atoms with van der Waals surface area (Å²) < 4.78 is 82.2. The first kappa shape index (κ1) is 18.8. The largest absolute Gasteiger partial charge is 0.494 e. The van der Waals surface area contributed by atoms with E-state index in [9.17, 15) is 10.1 Å². The van der Waals surface area contributed by atoms with Gasteiger partial charge in [0.15, 0.2) is 5.78 Å². The van der Waals surface area contributed by atoms with Crippen LogP contribution in [0.2, 0.25) is 5.02 Å². The van der Waals surface area contributed by atoms with Gasteiger partial charge >= 0.3 is 0 Å². The number of nitriles is 1. The Kier molecular flexibility index (Phi) is 6.36. The number of pyridine rings is 2. The molecule has 0 atom stereocenters. The van der Waals surface area contributed by atoms with Gasteiger partial charge in [0.25, 0.3) is 0 Å². The van der Waals surface area contributed by atoms with Crippen molar-refractivity contribution in [2.24, 2.45) is 0 Å². The molecule has 2 heterocycles. The highest BCUT2D eigenvalue weighted by Gasteiger charge is 2.16. The van der Waals surface area contributed by atoms with Crippen molar-refractivity contribution in [1.82, 2.24) is 14.9 Å². The Labute approximate surface area is 251 Å². The molecule has 4 rings (SSSR count). The zero-order valence-corrected chi connectivity index (χ0v) is 22.3. The molecule has 0 fully saturated rings. The second-order valence-electron chi connectivity index (χ2n) is 8.34. The first-order valence-electron chi connectivity index (χ1n) is 16.4. The van der Waals surface area contributed by atoms with Crippen molar-refractivity contribution in [3.63, 3.8) is 0 Å². The van der Waals surface area contributed by atoms with E-state index in [4.69, 9.17) is 33.4 Å². The molecule has 0 bridgehead atoms. The summed E-state index contributed by atoms with van der Waals surface area (Å²) in [5, 5.41) is 13.6. The first-order valence-corrected chi connectivity index (χ1v) is 12.3. The van der Waals surface area contributed by atoms with E-state index in [1.807, 2.05) is 6.07 Å². The predicted octanol–water partition coefficient (Wildman–Crippen LogP) is 6.11. The Morgan fingerprint density at radius 3 is 2.85 bits per heavy atom. The molecule has 0 radical (unpaired) electrons. The van der Waals surface area contributed by atoms with Gasteiger partial charge in [0.1, 0.15) is 24.2 Å². The Morgan fingerprint density at radius 1 is 1.25 bits per heavy atom. The van der Waals surface area contributed by atoms with Crippen molar-refractivity contribution in [1.29, 1.82) is 5.26 Å². The summed E-state index contributed by atoms with van der Waals surface area (Å²) in [4.78, 5) is 22.1. The third-order valence-electron chi connectivity index (χ3n) is 5.46. The molecule has 0 aliphatic carbocycles. The number of carbonyl (C=O) groups is 1. The number of ether oxygens (including phenoxy) is 2. The van der Waals surface area contributed by atoms with Gasteiger partial charge in [-0.25, -0.2) is 0 Å². The lowest BCUT2D eigenvalue weighted by Gasteiger charge is -2.16. The fraction of sp³-hybridized carbons (Fsp3) is 0.226. The molecule has 1 N–H and O–H groups in total. The van der Waals surface area contributed by atoms with Crippen molar-refractivity contribution < 1.29 is 26.6 Å². The van der Waals surface area contributed by atoms with Gasteiger partial charge in [-0.05, 0) is 63.4 Å². The summed E-state index contributed by atoms with van der Waals surface area (Å²) in [6, 6.07) is 12.8. The second kappa shape index (κ2) is 13.6. The molecule has 0 saturated heterocycles. The summed E-state index contributed by atoms with van der Waals surface area (Å²) in [5.41, 5.74) is 1.79. The van der Waals surface area contributed by atoms with Crippen molar-refractivity contribution in [2.75, 3.05) is 32.4 Å². The Balaban J connectivity index is 1.74. The summed E-state index contributed by atoms with van der Waals surface area (Å²) >= 11 is 6.50. The van der Waals surface area contributed by atoms with Crippen LogP contribution in [0.1, 0.15) is 36.1 Å². The minimum Gasteiger partial charge on any atom is -0.494 e. The smallest absolute Gasteiger partial charge is 0.159 e. The fourth-order valence-electron chi connectivity index (χ4n) is 3.70. The van der Waals surface area contributed by atoms with Crippen molar-refractivity contribution in [3.8, 4) is 17.6 Å². The average molecular weight is 565 g/mol. The summed E-state index contributed by atoms with van der Waals surface area (Å²) in [5.74, 6) is -0.812. The maximum absolute atomic E-state index is 13.3. The number of anilines is 2. The fourth-order valence-corrected chi connectivity index (χ4v) is 3.94. The summed E-state index contributed by atoms with van der Waals surface area (Å²) in [7, 11) is 0.905. The van der Waals surface area contributed by atoms with E-state index in [0.29, 0.717) is 22.5 Å². The van der Waals surface area contributed by atoms with Gasteiger partial charge in [0.2, 0.25) is 0 Å². The van der Waals surface area contributed by atoms with Gasteiger partial charge in [-0.1, -0.05) is 23.7 Å². The molecule has 0 amide bonds. The highest BCUT2D eigenvalue weighted by Crippen LogP contribution is 2.36. The highest BCUT2D eigenvalue weighted by molar-refractivity contribution is 6.32. The average Bonchev–Trinajstić information content (AvgIpc) is 3.03. The third kappa shape index (κ3) is 7.35. The van der Waals surface area contributed by atoms with Crippen LogP contribution < -0.4 is 14.8 Å². The topological polar surface area (TPSA) is 100 Å².